The first-order valence-electron chi connectivity index (χ1n) is 2.72. The van der Waals surface area contributed by atoms with E-state index in [1.807, 2.05) is 34.7 Å². The minimum Gasteiger partial charge on any atom is -0.225 e. The van der Waals surface area contributed by atoms with Crippen LogP contribution in [0.5, 0.6) is 0 Å². The second-order valence-corrected chi connectivity index (χ2v) is 3.50. The molecular weight excluding hydrogens is 335 g/mol. The maximum Gasteiger partial charge on any atom is 0.174 e. The van der Waals surface area contributed by atoms with Gasteiger partial charge < -0.3 is 0 Å². The average molecular weight is 335 g/mol. The van der Waals surface area contributed by atoms with Crippen molar-refractivity contribution in [2.45, 2.75) is 0 Å². The number of nitriles is 2. The zero-order chi connectivity index (χ0) is 9.14. The molecule has 1 heterocycles. The highest BCUT2D eigenvalue weighted by Gasteiger charge is 2.08. The summed E-state index contributed by atoms with van der Waals surface area (Å²) in [5, 5.41) is 17.1. The Morgan fingerprint density at radius 3 is 2.25 bits per heavy atom. The Bertz CT molecular complexity index is 363. The van der Waals surface area contributed by atoms with Gasteiger partial charge in [-0.15, -0.1) is 0 Å². The van der Waals surface area contributed by atoms with Crippen molar-refractivity contribution < 1.29 is 0 Å². The summed E-state index contributed by atoms with van der Waals surface area (Å²) in [6.45, 7) is 0. The van der Waals surface area contributed by atoms with Gasteiger partial charge in [0.2, 0.25) is 0 Å². The lowest BCUT2D eigenvalue weighted by atomic mass is 10.4. The number of hydrogen-bond donors (Lipinski definition) is 0. The van der Waals surface area contributed by atoms with Crippen molar-refractivity contribution in [2.75, 3.05) is 0 Å². The van der Waals surface area contributed by atoms with Crippen LogP contribution in [0.1, 0.15) is 11.4 Å². The fourth-order valence-electron chi connectivity index (χ4n) is 0.537. The van der Waals surface area contributed by atoms with Crippen molar-refractivity contribution in [1.29, 1.82) is 10.5 Å². The van der Waals surface area contributed by atoms with Gasteiger partial charge in [0.15, 0.2) is 11.4 Å². The van der Waals surface area contributed by atoms with E-state index in [9.17, 15) is 0 Å². The molecule has 58 valence electrons. The van der Waals surface area contributed by atoms with Gasteiger partial charge in [-0.25, -0.2) is 9.97 Å². The maximum atomic E-state index is 8.55. The number of nitrogens with zero attached hydrogens (tertiary/aromatic N) is 4. The second kappa shape index (κ2) is 3.78. The van der Waals surface area contributed by atoms with E-state index in [2.05, 4.69) is 25.9 Å². The van der Waals surface area contributed by atoms with Crippen LogP contribution >= 0.6 is 38.5 Å². The fraction of sp³-hybridized carbons (Fsp3) is 0. The van der Waals surface area contributed by atoms with E-state index >= 15 is 0 Å². The van der Waals surface area contributed by atoms with Crippen LogP contribution < -0.4 is 0 Å². The predicted molar refractivity (Wildman–Crippen MR) is 51.9 cm³/mol. The van der Waals surface area contributed by atoms with Crippen molar-refractivity contribution in [1.82, 2.24) is 9.97 Å². The van der Waals surface area contributed by atoms with Crippen molar-refractivity contribution >= 4 is 38.5 Å². The van der Waals surface area contributed by atoms with Gasteiger partial charge >= 0.3 is 0 Å². The van der Waals surface area contributed by atoms with E-state index in [-0.39, 0.29) is 11.4 Å². The van der Waals surface area contributed by atoms with E-state index in [0.717, 1.165) is 0 Å². The Morgan fingerprint density at radius 2 is 1.75 bits per heavy atom. The minimum atomic E-state index is 0.193. The molecule has 0 aliphatic carbocycles. The minimum absolute atomic E-state index is 0.193. The van der Waals surface area contributed by atoms with Crippen LogP contribution in [-0.2, 0) is 0 Å². The Kier molecular flexibility index (Phi) is 2.95. The molecule has 0 amide bonds. The summed E-state index contributed by atoms with van der Waals surface area (Å²) in [6, 6.07) is 3.72. The van der Waals surface area contributed by atoms with Crippen LogP contribution in [0.25, 0.3) is 0 Å². The van der Waals surface area contributed by atoms with Crippen molar-refractivity contribution in [3.05, 3.63) is 19.7 Å². The van der Waals surface area contributed by atoms with E-state index in [1.54, 1.807) is 0 Å². The molecule has 1 aromatic rings. The summed E-state index contributed by atoms with van der Waals surface area (Å²) >= 11 is 4.89. The van der Waals surface area contributed by atoms with Crippen LogP contribution in [0, 0.1) is 26.4 Å². The molecule has 0 saturated carbocycles. The first-order chi connectivity index (χ1) is 5.69. The van der Waals surface area contributed by atoms with E-state index in [0.29, 0.717) is 8.30 Å². The summed E-state index contributed by atoms with van der Waals surface area (Å²) in [7, 11) is 0. The summed E-state index contributed by atoms with van der Waals surface area (Å²) in [6.07, 6.45) is 0. The lowest BCUT2D eigenvalue weighted by Gasteiger charge is -1.95. The number of rotatable bonds is 0. The smallest absolute Gasteiger partial charge is 0.174 e. The SMILES string of the molecule is N#Cc1nc(I)c(C#N)nc1Br. The topological polar surface area (TPSA) is 73.4 Å². The third-order valence-electron chi connectivity index (χ3n) is 1.02. The van der Waals surface area contributed by atoms with Gasteiger partial charge in [0.25, 0.3) is 0 Å². The molecule has 0 saturated heterocycles. The molecule has 0 aromatic carbocycles. The lowest BCUT2D eigenvalue weighted by Crippen LogP contribution is -1.97. The van der Waals surface area contributed by atoms with Gasteiger partial charge in [-0.3, -0.25) is 0 Å². The molecular formula is C6BrIN4. The maximum absolute atomic E-state index is 8.55. The van der Waals surface area contributed by atoms with Crippen LogP contribution in [0.2, 0.25) is 0 Å². The van der Waals surface area contributed by atoms with Crippen LogP contribution in [-0.4, -0.2) is 9.97 Å². The van der Waals surface area contributed by atoms with Crippen LogP contribution in [0.3, 0.4) is 0 Å². The van der Waals surface area contributed by atoms with Gasteiger partial charge in [-0.2, -0.15) is 10.5 Å². The average Bonchev–Trinajstić information content (AvgIpc) is 2.08. The van der Waals surface area contributed by atoms with Crippen LogP contribution in [0.15, 0.2) is 4.60 Å². The third kappa shape index (κ3) is 1.71. The van der Waals surface area contributed by atoms with Gasteiger partial charge in [0.1, 0.15) is 20.4 Å². The van der Waals surface area contributed by atoms with E-state index in [1.165, 1.54) is 0 Å². The summed E-state index contributed by atoms with van der Waals surface area (Å²) < 4.78 is 0.747. The molecule has 6 heteroatoms. The number of hydrogen-bond acceptors (Lipinski definition) is 4. The van der Waals surface area contributed by atoms with Gasteiger partial charge in [-0.05, 0) is 38.5 Å². The highest BCUT2D eigenvalue weighted by atomic mass is 127. The standard InChI is InChI=1S/C6BrIN4/c7-5-3(1-9)12-6(8)4(2-10)11-5. The highest BCUT2D eigenvalue weighted by Crippen LogP contribution is 2.14. The zero-order valence-electron chi connectivity index (χ0n) is 5.54. The molecule has 12 heavy (non-hydrogen) atoms. The molecule has 0 unspecified atom stereocenters. The van der Waals surface area contributed by atoms with Gasteiger partial charge in [0.05, 0.1) is 0 Å². The van der Waals surface area contributed by atoms with Gasteiger partial charge in [0, 0.05) is 0 Å². The zero-order valence-corrected chi connectivity index (χ0v) is 9.29. The first kappa shape index (κ1) is 9.36. The van der Waals surface area contributed by atoms with Gasteiger partial charge in [-0.1, -0.05) is 0 Å². The lowest BCUT2D eigenvalue weighted by molar-refractivity contribution is 1.07. The Morgan fingerprint density at radius 1 is 1.17 bits per heavy atom. The van der Waals surface area contributed by atoms with Crippen molar-refractivity contribution in [2.24, 2.45) is 0 Å². The molecule has 0 bridgehead atoms. The third-order valence-corrected chi connectivity index (χ3v) is 2.33. The Balaban J connectivity index is 3.41. The van der Waals surface area contributed by atoms with Crippen LogP contribution in [0.4, 0.5) is 0 Å². The van der Waals surface area contributed by atoms with E-state index in [4.69, 9.17) is 10.5 Å². The Hall–Kier alpha value is -0.730. The summed E-state index contributed by atoms with van der Waals surface area (Å²) in [5.41, 5.74) is 0.417. The van der Waals surface area contributed by atoms with Crippen molar-refractivity contribution in [3.63, 3.8) is 0 Å². The molecule has 0 fully saturated rings. The molecule has 4 nitrogen and oxygen atoms in total. The molecule has 0 aliphatic rings. The van der Waals surface area contributed by atoms with Crippen molar-refractivity contribution in [3.8, 4) is 12.1 Å². The second-order valence-electron chi connectivity index (χ2n) is 1.73. The van der Waals surface area contributed by atoms with E-state index < -0.39 is 0 Å². The normalized spacial score (nSPS) is 8.67. The number of aromatic nitrogens is 2. The Labute approximate surface area is 90.5 Å². The largest absolute Gasteiger partial charge is 0.225 e. The molecule has 0 spiro atoms. The summed E-state index contributed by atoms with van der Waals surface area (Å²) in [5.74, 6) is 0. The molecule has 0 aliphatic heterocycles. The summed E-state index contributed by atoms with van der Waals surface area (Å²) in [4.78, 5) is 7.68. The highest BCUT2D eigenvalue weighted by molar-refractivity contribution is 14.1. The monoisotopic (exact) mass is 334 g/mol. The number of halogens is 2. The molecule has 0 radical (unpaired) electrons. The molecule has 1 rings (SSSR count). The fourth-order valence-corrected chi connectivity index (χ4v) is 1.37. The quantitative estimate of drug-likeness (QED) is 0.675. The molecule has 0 atom stereocenters. The molecule has 0 N–H and O–H groups in total. The molecule has 1 aromatic heterocycles. The predicted octanol–water partition coefficient (Wildman–Crippen LogP) is 1.59. The first-order valence-corrected chi connectivity index (χ1v) is 4.59.